The summed E-state index contributed by atoms with van der Waals surface area (Å²) < 4.78 is 10.2. The lowest BCUT2D eigenvalue weighted by Crippen LogP contribution is -2.50. The number of rotatable bonds is 2. The first kappa shape index (κ1) is 11.3. The summed E-state index contributed by atoms with van der Waals surface area (Å²) in [4.78, 5) is 11.8. The number of ether oxygens (including phenoxy) is 2. The minimum atomic E-state index is -0.220. The predicted octanol–water partition coefficient (Wildman–Crippen LogP) is 0.261. The topological polar surface area (TPSA) is 73.6 Å². The fourth-order valence-electron chi connectivity index (χ4n) is 2.07. The highest BCUT2D eigenvalue weighted by Crippen LogP contribution is 2.17. The highest BCUT2D eigenvalue weighted by atomic mass is 16.6. The molecule has 1 saturated carbocycles. The molecule has 90 valence electrons. The number of carbonyl (C=O) groups is 1. The van der Waals surface area contributed by atoms with Gasteiger partial charge in [0.05, 0.1) is 0 Å². The third kappa shape index (κ3) is 2.66. The molecule has 1 fully saturated rings. The van der Waals surface area contributed by atoms with Crippen molar-refractivity contribution in [1.82, 2.24) is 5.32 Å². The van der Waals surface area contributed by atoms with Crippen molar-refractivity contribution in [2.24, 2.45) is 5.73 Å². The Balaban J connectivity index is 1.88. The van der Waals surface area contributed by atoms with Crippen LogP contribution in [0.2, 0.25) is 0 Å². The van der Waals surface area contributed by atoms with E-state index in [4.69, 9.17) is 15.2 Å². The largest absolute Gasteiger partial charge is 0.494 e. The van der Waals surface area contributed by atoms with E-state index in [0.29, 0.717) is 13.2 Å². The molecule has 0 radical (unpaired) electrons. The zero-order valence-corrected chi connectivity index (χ0v) is 9.28. The summed E-state index contributed by atoms with van der Waals surface area (Å²) in [6.45, 7) is 0.926. The Morgan fingerprint density at radius 1 is 1.38 bits per heavy atom. The van der Waals surface area contributed by atoms with Crippen molar-refractivity contribution in [1.29, 1.82) is 0 Å². The third-order valence-electron chi connectivity index (χ3n) is 3.01. The smallest absolute Gasteiger partial charge is 0.289 e. The van der Waals surface area contributed by atoms with E-state index in [1.165, 1.54) is 6.26 Å². The second-order valence-corrected chi connectivity index (χ2v) is 4.23. The van der Waals surface area contributed by atoms with Gasteiger partial charge in [0, 0.05) is 12.1 Å². The fraction of sp³-hybridized carbons (Fsp3) is 0.727. The Kier molecular flexibility index (Phi) is 3.66. The second-order valence-electron chi connectivity index (χ2n) is 4.23. The van der Waals surface area contributed by atoms with Gasteiger partial charge in [0.25, 0.3) is 5.91 Å². The molecule has 2 aliphatic rings. The van der Waals surface area contributed by atoms with E-state index in [1.807, 2.05) is 0 Å². The van der Waals surface area contributed by atoms with Gasteiger partial charge < -0.3 is 20.5 Å². The van der Waals surface area contributed by atoms with Crippen LogP contribution in [0.1, 0.15) is 25.7 Å². The first-order valence-corrected chi connectivity index (χ1v) is 5.78. The van der Waals surface area contributed by atoms with Gasteiger partial charge in [0.2, 0.25) is 5.76 Å². The van der Waals surface area contributed by atoms with E-state index < -0.39 is 0 Å². The Morgan fingerprint density at radius 2 is 2.19 bits per heavy atom. The maximum absolute atomic E-state index is 11.8. The minimum Gasteiger partial charge on any atom is -0.494 e. The van der Waals surface area contributed by atoms with Crippen LogP contribution in [0.5, 0.6) is 0 Å². The average molecular weight is 226 g/mol. The molecule has 5 nitrogen and oxygen atoms in total. The third-order valence-corrected chi connectivity index (χ3v) is 3.01. The van der Waals surface area contributed by atoms with Crippen LogP contribution < -0.4 is 11.1 Å². The van der Waals surface area contributed by atoms with Crippen LogP contribution in [0.3, 0.4) is 0 Å². The van der Waals surface area contributed by atoms with E-state index in [0.717, 1.165) is 25.7 Å². The zero-order valence-electron chi connectivity index (χ0n) is 9.28. The minimum absolute atomic E-state index is 0.0582. The standard InChI is InChI=1S/C11H18N2O3/c12-8-3-1-2-4-9(8)13-11(14)10-7-15-5-6-16-10/h7-9H,1-6,12H2,(H,13,14). The lowest BCUT2D eigenvalue weighted by atomic mass is 9.91. The molecule has 3 N–H and O–H groups in total. The molecule has 2 rings (SSSR count). The molecule has 0 aromatic rings. The lowest BCUT2D eigenvalue weighted by molar-refractivity contribution is -0.123. The fourth-order valence-corrected chi connectivity index (χ4v) is 2.07. The van der Waals surface area contributed by atoms with E-state index in [9.17, 15) is 4.79 Å². The molecule has 0 spiro atoms. The lowest BCUT2D eigenvalue weighted by Gasteiger charge is -2.29. The van der Waals surface area contributed by atoms with Gasteiger partial charge in [-0.05, 0) is 12.8 Å². The zero-order chi connectivity index (χ0) is 11.4. The van der Waals surface area contributed by atoms with Gasteiger partial charge in [-0.2, -0.15) is 0 Å². The first-order valence-electron chi connectivity index (χ1n) is 5.78. The maximum Gasteiger partial charge on any atom is 0.289 e. The van der Waals surface area contributed by atoms with Gasteiger partial charge >= 0.3 is 0 Å². The molecule has 1 aliphatic carbocycles. The molecular weight excluding hydrogens is 208 g/mol. The number of hydrogen-bond acceptors (Lipinski definition) is 4. The summed E-state index contributed by atoms with van der Waals surface area (Å²) in [6, 6.07) is 0.121. The van der Waals surface area contributed by atoms with Crippen molar-refractivity contribution >= 4 is 5.91 Å². The van der Waals surface area contributed by atoms with Gasteiger partial charge in [-0.25, -0.2) is 0 Å². The molecule has 2 unspecified atom stereocenters. The molecule has 0 bridgehead atoms. The van der Waals surface area contributed by atoms with Crippen LogP contribution in [0.4, 0.5) is 0 Å². The first-order chi connectivity index (χ1) is 7.77. The van der Waals surface area contributed by atoms with Crippen LogP contribution in [0.15, 0.2) is 12.0 Å². The van der Waals surface area contributed by atoms with Crippen molar-refractivity contribution in [3.05, 3.63) is 12.0 Å². The number of hydrogen-bond donors (Lipinski definition) is 2. The van der Waals surface area contributed by atoms with Crippen molar-refractivity contribution in [3.8, 4) is 0 Å². The molecule has 0 saturated heterocycles. The highest BCUT2D eigenvalue weighted by Gasteiger charge is 2.25. The molecular formula is C11H18N2O3. The number of nitrogens with one attached hydrogen (secondary N) is 1. The average Bonchev–Trinajstić information content (AvgIpc) is 2.33. The van der Waals surface area contributed by atoms with Crippen LogP contribution in [0.25, 0.3) is 0 Å². The molecule has 16 heavy (non-hydrogen) atoms. The normalized spacial score (nSPS) is 29.7. The van der Waals surface area contributed by atoms with Gasteiger partial charge in [0.15, 0.2) is 0 Å². The van der Waals surface area contributed by atoms with Gasteiger partial charge in [-0.15, -0.1) is 0 Å². The summed E-state index contributed by atoms with van der Waals surface area (Å²) in [6.07, 6.45) is 5.56. The van der Waals surface area contributed by atoms with Gasteiger partial charge in [0.1, 0.15) is 19.5 Å². The molecule has 1 heterocycles. The van der Waals surface area contributed by atoms with E-state index in [2.05, 4.69) is 5.32 Å². The van der Waals surface area contributed by atoms with Crippen LogP contribution in [-0.4, -0.2) is 31.2 Å². The SMILES string of the molecule is NC1CCCCC1NC(=O)C1=COCCO1. The summed E-state index contributed by atoms with van der Waals surface area (Å²) >= 11 is 0. The second kappa shape index (κ2) is 5.21. The van der Waals surface area contributed by atoms with Crippen LogP contribution >= 0.6 is 0 Å². The molecule has 1 amide bonds. The Morgan fingerprint density at radius 3 is 2.88 bits per heavy atom. The quantitative estimate of drug-likeness (QED) is 0.708. The summed E-state index contributed by atoms with van der Waals surface area (Å²) in [5, 5.41) is 2.90. The number of carbonyl (C=O) groups excluding carboxylic acids is 1. The van der Waals surface area contributed by atoms with Crippen LogP contribution in [-0.2, 0) is 14.3 Å². The molecule has 2 atom stereocenters. The summed E-state index contributed by atoms with van der Waals surface area (Å²) in [7, 11) is 0. The maximum atomic E-state index is 11.8. The van der Waals surface area contributed by atoms with E-state index >= 15 is 0 Å². The molecule has 5 heteroatoms. The number of amides is 1. The van der Waals surface area contributed by atoms with E-state index in [1.54, 1.807) is 0 Å². The van der Waals surface area contributed by atoms with Crippen molar-refractivity contribution < 1.29 is 14.3 Å². The Hall–Kier alpha value is -1.23. The van der Waals surface area contributed by atoms with Gasteiger partial charge in [-0.1, -0.05) is 12.8 Å². The van der Waals surface area contributed by atoms with Crippen molar-refractivity contribution in [3.63, 3.8) is 0 Å². The van der Waals surface area contributed by atoms with Crippen LogP contribution in [0, 0.1) is 0 Å². The molecule has 1 aliphatic heterocycles. The summed E-state index contributed by atoms with van der Waals surface area (Å²) in [5.74, 6) is 0.0334. The molecule has 0 aromatic carbocycles. The Bertz CT molecular complexity index is 291. The summed E-state index contributed by atoms with van der Waals surface area (Å²) in [5.41, 5.74) is 5.95. The van der Waals surface area contributed by atoms with Crippen molar-refractivity contribution in [2.45, 2.75) is 37.8 Å². The predicted molar refractivity (Wildman–Crippen MR) is 58.4 cm³/mol. The van der Waals surface area contributed by atoms with Gasteiger partial charge in [-0.3, -0.25) is 4.79 Å². The molecule has 0 aromatic heterocycles. The Labute approximate surface area is 95.0 Å². The number of nitrogens with two attached hydrogens (primary N) is 1. The monoisotopic (exact) mass is 226 g/mol. The van der Waals surface area contributed by atoms with E-state index in [-0.39, 0.29) is 23.8 Å². The highest BCUT2D eigenvalue weighted by molar-refractivity contribution is 5.91. The van der Waals surface area contributed by atoms with Crippen molar-refractivity contribution in [2.75, 3.05) is 13.2 Å².